The van der Waals surface area contributed by atoms with Crippen LogP contribution in [-0.2, 0) is 10.0 Å². The minimum Gasteiger partial charge on any atom is -0.478 e. The summed E-state index contributed by atoms with van der Waals surface area (Å²) in [5.74, 6) is -1.03. The van der Waals surface area contributed by atoms with E-state index in [1.54, 1.807) is 6.92 Å². The third-order valence-corrected chi connectivity index (χ3v) is 4.81. The van der Waals surface area contributed by atoms with Crippen molar-refractivity contribution in [3.05, 3.63) is 29.3 Å². The fourth-order valence-corrected chi connectivity index (χ4v) is 3.19. The Labute approximate surface area is 124 Å². The summed E-state index contributed by atoms with van der Waals surface area (Å²) < 4.78 is 26.8. The Morgan fingerprint density at radius 2 is 2.05 bits per heavy atom. The molecule has 1 aromatic rings. The standard InChI is InChI=1S/C14H21NO5S/c1-10(9-16)4-3-7-15-21(19,20)13-8-12(14(17)18)6-5-11(13)2/h5-6,8,10,15-16H,3-4,7,9H2,1-2H3,(H,17,18). The lowest BCUT2D eigenvalue weighted by Crippen LogP contribution is -2.26. The van der Waals surface area contributed by atoms with Crippen molar-refractivity contribution >= 4 is 16.0 Å². The molecule has 1 rings (SSSR count). The molecule has 0 amide bonds. The maximum atomic E-state index is 12.2. The first-order chi connectivity index (χ1) is 9.77. The van der Waals surface area contributed by atoms with Gasteiger partial charge in [0.15, 0.2) is 0 Å². The van der Waals surface area contributed by atoms with Crippen LogP contribution in [0.5, 0.6) is 0 Å². The number of aliphatic hydroxyl groups is 1. The normalized spacial score (nSPS) is 13.1. The van der Waals surface area contributed by atoms with Crippen molar-refractivity contribution in [1.29, 1.82) is 0 Å². The molecular weight excluding hydrogens is 294 g/mol. The molecule has 3 N–H and O–H groups in total. The van der Waals surface area contributed by atoms with Crippen LogP contribution in [0.2, 0.25) is 0 Å². The first kappa shape index (κ1) is 17.6. The highest BCUT2D eigenvalue weighted by atomic mass is 32.2. The molecule has 0 saturated heterocycles. The molecule has 0 radical (unpaired) electrons. The van der Waals surface area contributed by atoms with E-state index in [1.165, 1.54) is 12.1 Å². The van der Waals surface area contributed by atoms with Crippen molar-refractivity contribution < 1.29 is 23.4 Å². The van der Waals surface area contributed by atoms with Crippen LogP contribution in [0.15, 0.2) is 23.1 Å². The van der Waals surface area contributed by atoms with Crippen molar-refractivity contribution in [2.45, 2.75) is 31.6 Å². The molecule has 21 heavy (non-hydrogen) atoms. The lowest BCUT2D eigenvalue weighted by Gasteiger charge is -2.11. The Morgan fingerprint density at radius 1 is 1.38 bits per heavy atom. The molecule has 1 unspecified atom stereocenters. The quantitative estimate of drug-likeness (QED) is 0.629. The van der Waals surface area contributed by atoms with E-state index in [-0.39, 0.29) is 29.5 Å². The van der Waals surface area contributed by atoms with Gasteiger partial charge in [-0.25, -0.2) is 17.9 Å². The molecule has 7 heteroatoms. The van der Waals surface area contributed by atoms with Crippen LogP contribution < -0.4 is 4.72 Å². The average molecular weight is 315 g/mol. The molecule has 0 saturated carbocycles. The zero-order valence-corrected chi connectivity index (χ0v) is 13.0. The van der Waals surface area contributed by atoms with E-state index in [2.05, 4.69) is 4.72 Å². The second-order valence-electron chi connectivity index (χ2n) is 5.11. The number of carboxylic acid groups (broad SMARTS) is 1. The van der Waals surface area contributed by atoms with Gasteiger partial charge in [-0.1, -0.05) is 13.0 Å². The number of benzene rings is 1. The molecule has 6 nitrogen and oxygen atoms in total. The van der Waals surface area contributed by atoms with Gasteiger partial charge in [0, 0.05) is 13.2 Å². The van der Waals surface area contributed by atoms with Gasteiger partial charge in [0.2, 0.25) is 10.0 Å². The zero-order valence-electron chi connectivity index (χ0n) is 12.2. The average Bonchev–Trinajstić information content (AvgIpc) is 2.43. The number of aliphatic hydroxyl groups excluding tert-OH is 1. The van der Waals surface area contributed by atoms with Crippen LogP contribution in [-0.4, -0.2) is 37.8 Å². The Bertz CT molecular complexity index is 597. The van der Waals surface area contributed by atoms with Gasteiger partial charge in [-0.2, -0.15) is 0 Å². The van der Waals surface area contributed by atoms with E-state index in [1.807, 2.05) is 6.92 Å². The highest BCUT2D eigenvalue weighted by molar-refractivity contribution is 7.89. The predicted octanol–water partition coefficient (Wildman–Crippen LogP) is 1.38. The van der Waals surface area contributed by atoms with E-state index in [0.717, 1.165) is 6.07 Å². The highest BCUT2D eigenvalue weighted by Crippen LogP contribution is 2.17. The van der Waals surface area contributed by atoms with Crippen molar-refractivity contribution in [2.75, 3.05) is 13.2 Å². The maximum Gasteiger partial charge on any atom is 0.335 e. The molecule has 0 aliphatic heterocycles. The summed E-state index contributed by atoms with van der Waals surface area (Å²) in [6.07, 6.45) is 1.33. The summed E-state index contributed by atoms with van der Waals surface area (Å²) in [7, 11) is -3.73. The second-order valence-corrected chi connectivity index (χ2v) is 6.85. The number of aryl methyl sites for hydroxylation is 1. The summed E-state index contributed by atoms with van der Waals surface area (Å²) >= 11 is 0. The zero-order chi connectivity index (χ0) is 16.0. The number of rotatable bonds is 8. The molecule has 1 atom stereocenters. The predicted molar refractivity (Wildman–Crippen MR) is 78.8 cm³/mol. The number of sulfonamides is 1. The molecule has 0 aliphatic rings. The lowest BCUT2D eigenvalue weighted by molar-refractivity contribution is 0.0696. The fraction of sp³-hybridized carbons (Fsp3) is 0.500. The number of hydrogen-bond donors (Lipinski definition) is 3. The van der Waals surface area contributed by atoms with Crippen LogP contribution >= 0.6 is 0 Å². The Balaban J connectivity index is 2.78. The van der Waals surface area contributed by atoms with Gasteiger partial charge in [0.1, 0.15) is 0 Å². The van der Waals surface area contributed by atoms with Crippen molar-refractivity contribution in [1.82, 2.24) is 4.72 Å². The topological polar surface area (TPSA) is 104 Å². The fourth-order valence-electron chi connectivity index (χ4n) is 1.85. The first-order valence-corrected chi connectivity index (χ1v) is 8.20. The first-order valence-electron chi connectivity index (χ1n) is 6.72. The van der Waals surface area contributed by atoms with Crippen LogP contribution in [0.25, 0.3) is 0 Å². The van der Waals surface area contributed by atoms with E-state index < -0.39 is 16.0 Å². The van der Waals surface area contributed by atoms with Crippen molar-refractivity contribution in [3.8, 4) is 0 Å². The van der Waals surface area contributed by atoms with Gasteiger partial charge < -0.3 is 10.2 Å². The summed E-state index contributed by atoms with van der Waals surface area (Å²) in [5, 5.41) is 17.8. The third kappa shape index (κ3) is 5.11. The van der Waals surface area contributed by atoms with Gasteiger partial charge in [-0.15, -0.1) is 0 Å². The molecule has 0 spiro atoms. The van der Waals surface area contributed by atoms with E-state index >= 15 is 0 Å². The molecule has 118 valence electrons. The lowest BCUT2D eigenvalue weighted by atomic mass is 10.1. The molecule has 0 bridgehead atoms. The van der Waals surface area contributed by atoms with E-state index in [4.69, 9.17) is 10.2 Å². The van der Waals surface area contributed by atoms with E-state index in [9.17, 15) is 13.2 Å². The second kappa shape index (κ2) is 7.53. The number of aromatic carboxylic acids is 1. The van der Waals surface area contributed by atoms with Gasteiger partial charge in [-0.05, 0) is 43.4 Å². The monoisotopic (exact) mass is 315 g/mol. The number of carboxylic acids is 1. The largest absolute Gasteiger partial charge is 0.478 e. The minimum absolute atomic E-state index is 0.0161. The smallest absolute Gasteiger partial charge is 0.335 e. The third-order valence-electron chi connectivity index (χ3n) is 3.20. The van der Waals surface area contributed by atoms with Crippen LogP contribution in [0.4, 0.5) is 0 Å². The molecule has 0 fully saturated rings. The van der Waals surface area contributed by atoms with Gasteiger partial charge in [-0.3, -0.25) is 0 Å². The molecule has 0 aromatic heterocycles. The van der Waals surface area contributed by atoms with Crippen molar-refractivity contribution in [3.63, 3.8) is 0 Å². The SMILES string of the molecule is Cc1ccc(C(=O)O)cc1S(=O)(=O)NCCCC(C)CO. The molecular formula is C14H21NO5S. The molecule has 0 aliphatic carbocycles. The summed E-state index contributed by atoms with van der Waals surface area (Å²) in [5.41, 5.74) is 0.436. The number of hydrogen-bond acceptors (Lipinski definition) is 4. The number of nitrogens with one attached hydrogen (secondary N) is 1. The molecule has 0 heterocycles. The van der Waals surface area contributed by atoms with Gasteiger partial charge in [0.05, 0.1) is 10.5 Å². The summed E-state index contributed by atoms with van der Waals surface area (Å²) in [6, 6.07) is 4.02. The Hall–Kier alpha value is -1.44. The summed E-state index contributed by atoms with van der Waals surface area (Å²) in [6.45, 7) is 3.83. The van der Waals surface area contributed by atoms with Gasteiger partial charge >= 0.3 is 5.97 Å². The van der Waals surface area contributed by atoms with Crippen LogP contribution in [0, 0.1) is 12.8 Å². The van der Waals surface area contributed by atoms with E-state index in [0.29, 0.717) is 18.4 Å². The molecule has 1 aromatic carbocycles. The highest BCUT2D eigenvalue weighted by Gasteiger charge is 2.18. The Kier molecular flexibility index (Phi) is 6.32. The minimum atomic E-state index is -3.73. The van der Waals surface area contributed by atoms with Crippen LogP contribution in [0.1, 0.15) is 35.7 Å². The summed E-state index contributed by atoms with van der Waals surface area (Å²) in [4.78, 5) is 10.9. The maximum absolute atomic E-state index is 12.2. The Morgan fingerprint density at radius 3 is 2.62 bits per heavy atom. The van der Waals surface area contributed by atoms with Crippen molar-refractivity contribution in [2.24, 2.45) is 5.92 Å². The van der Waals surface area contributed by atoms with Crippen LogP contribution in [0.3, 0.4) is 0 Å². The number of carbonyl (C=O) groups is 1. The van der Waals surface area contributed by atoms with Gasteiger partial charge in [0.25, 0.3) is 0 Å².